The van der Waals surface area contributed by atoms with Crippen molar-refractivity contribution < 1.29 is 5.11 Å². The highest BCUT2D eigenvalue weighted by Gasteiger charge is 2.35. The van der Waals surface area contributed by atoms with Crippen LogP contribution in [0, 0.1) is 11.3 Å². The van der Waals surface area contributed by atoms with Crippen molar-refractivity contribution in [1.82, 2.24) is 0 Å². The van der Waals surface area contributed by atoms with Gasteiger partial charge in [0.05, 0.1) is 6.10 Å². The second kappa shape index (κ2) is 5.61. The maximum Gasteiger partial charge on any atom is 0.0633 e. The van der Waals surface area contributed by atoms with Gasteiger partial charge in [-0.05, 0) is 37.1 Å². The van der Waals surface area contributed by atoms with E-state index < -0.39 is 0 Å². The molecule has 0 amide bonds. The van der Waals surface area contributed by atoms with Crippen LogP contribution in [0.15, 0.2) is 0 Å². The van der Waals surface area contributed by atoms with Crippen molar-refractivity contribution in [3.05, 3.63) is 0 Å². The first-order valence-corrected chi connectivity index (χ1v) is 5.46. The van der Waals surface area contributed by atoms with Crippen LogP contribution in [-0.4, -0.2) is 17.8 Å². The first-order chi connectivity index (χ1) is 6.07. The van der Waals surface area contributed by atoms with E-state index in [-0.39, 0.29) is 17.4 Å². The fourth-order valence-electron chi connectivity index (χ4n) is 2.11. The second-order valence-electron chi connectivity index (χ2n) is 4.08. The molecule has 0 heterocycles. The average Bonchev–Trinajstić information content (AvgIpc) is 2.20. The molecule has 0 aromatic heterocycles. The van der Waals surface area contributed by atoms with E-state index in [0.717, 1.165) is 19.3 Å². The van der Waals surface area contributed by atoms with Crippen molar-refractivity contribution >= 4 is 0 Å². The highest BCUT2D eigenvalue weighted by Crippen LogP contribution is 2.37. The molecular formula is C11H25NO. The predicted molar refractivity (Wildman–Crippen MR) is 57.5 cm³/mol. The molecule has 0 aliphatic heterocycles. The summed E-state index contributed by atoms with van der Waals surface area (Å²) < 4.78 is 0. The molecule has 2 nitrogen and oxygen atoms in total. The van der Waals surface area contributed by atoms with Gasteiger partial charge in [-0.25, -0.2) is 0 Å². The molecule has 0 bridgehead atoms. The summed E-state index contributed by atoms with van der Waals surface area (Å²) in [6.45, 7) is 9.06. The summed E-state index contributed by atoms with van der Waals surface area (Å²) in [4.78, 5) is 0. The second-order valence-corrected chi connectivity index (χ2v) is 4.08. The van der Waals surface area contributed by atoms with Crippen LogP contribution in [-0.2, 0) is 0 Å². The number of aliphatic hydroxyl groups is 1. The van der Waals surface area contributed by atoms with E-state index in [2.05, 4.69) is 20.8 Å². The maximum absolute atomic E-state index is 10.1. The molecule has 80 valence electrons. The highest BCUT2D eigenvalue weighted by atomic mass is 16.3. The minimum atomic E-state index is -0.252. The van der Waals surface area contributed by atoms with E-state index in [4.69, 9.17) is 5.73 Å². The zero-order valence-electron chi connectivity index (χ0n) is 9.51. The molecule has 0 saturated carbocycles. The maximum atomic E-state index is 10.1. The summed E-state index contributed by atoms with van der Waals surface area (Å²) >= 11 is 0. The Balaban J connectivity index is 4.52. The molecule has 2 heteroatoms. The van der Waals surface area contributed by atoms with Crippen LogP contribution in [0.1, 0.15) is 47.0 Å². The summed E-state index contributed by atoms with van der Waals surface area (Å²) in [7, 11) is 0. The average molecular weight is 187 g/mol. The molecule has 0 aromatic carbocycles. The van der Waals surface area contributed by atoms with Gasteiger partial charge in [0.15, 0.2) is 0 Å². The highest BCUT2D eigenvalue weighted by molar-refractivity contribution is 4.86. The number of aliphatic hydroxyl groups excluding tert-OH is 1. The first-order valence-electron chi connectivity index (χ1n) is 5.46. The minimum Gasteiger partial charge on any atom is -0.392 e. The monoisotopic (exact) mass is 187 g/mol. The van der Waals surface area contributed by atoms with Crippen molar-refractivity contribution in [3.8, 4) is 0 Å². The van der Waals surface area contributed by atoms with Crippen LogP contribution in [0.2, 0.25) is 0 Å². The van der Waals surface area contributed by atoms with Gasteiger partial charge in [0.25, 0.3) is 0 Å². The Morgan fingerprint density at radius 1 is 1.15 bits per heavy atom. The lowest BCUT2D eigenvalue weighted by Crippen LogP contribution is -2.41. The molecule has 0 spiro atoms. The fourth-order valence-corrected chi connectivity index (χ4v) is 2.11. The summed E-state index contributed by atoms with van der Waals surface area (Å²) in [5, 5.41) is 10.1. The molecule has 0 rings (SSSR count). The normalized spacial score (nSPS) is 17.1. The smallest absolute Gasteiger partial charge is 0.0633 e. The third-order valence-corrected chi connectivity index (χ3v) is 3.65. The molecule has 2 unspecified atom stereocenters. The summed E-state index contributed by atoms with van der Waals surface area (Å²) in [5.41, 5.74) is 5.66. The van der Waals surface area contributed by atoms with E-state index >= 15 is 0 Å². The Labute approximate surface area is 82.5 Å². The number of rotatable bonds is 6. The number of hydrogen-bond acceptors (Lipinski definition) is 2. The predicted octanol–water partition coefficient (Wildman–Crippen LogP) is 2.16. The van der Waals surface area contributed by atoms with Gasteiger partial charge in [0, 0.05) is 0 Å². The van der Waals surface area contributed by atoms with Crippen LogP contribution in [0.4, 0.5) is 0 Å². The molecule has 0 fully saturated rings. The van der Waals surface area contributed by atoms with Crippen molar-refractivity contribution in [2.45, 2.75) is 53.1 Å². The minimum absolute atomic E-state index is 0.0821. The molecule has 13 heavy (non-hydrogen) atoms. The third kappa shape index (κ3) is 2.68. The van der Waals surface area contributed by atoms with Crippen molar-refractivity contribution in [2.75, 3.05) is 6.54 Å². The largest absolute Gasteiger partial charge is 0.392 e. The van der Waals surface area contributed by atoms with Crippen molar-refractivity contribution in [1.29, 1.82) is 0 Å². The van der Waals surface area contributed by atoms with Gasteiger partial charge in [-0.15, -0.1) is 0 Å². The quantitative estimate of drug-likeness (QED) is 0.669. The van der Waals surface area contributed by atoms with Crippen LogP contribution in [0.25, 0.3) is 0 Å². The molecular weight excluding hydrogens is 162 g/mol. The molecule has 3 N–H and O–H groups in total. The lowest BCUT2D eigenvalue weighted by atomic mass is 9.71. The SMILES string of the molecule is CCC(CC)(CC)C(O)C(C)CN. The van der Waals surface area contributed by atoms with Gasteiger partial charge in [-0.1, -0.05) is 27.7 Å². The summed E-state index contributed by atoms with van der Waals surface area (Å²) in [5.74, 6) is 0.208. The number of nitrogens with two attached hydrogens (primary N) is 1. The lowest BCUT2D eigenvalue weighted by molar-refractivity contribution is -0.0206. The first kappa shape index (κ1) is 12.9. The fraction of sp³-hybridized carbons (Fsp3) is 1.00. The van der Waals surface area contributed by atoms with Gasteiger partial charge in [0.1, 0.15) is 0 Å². The molecule has 0 saturated heterocycles. The standard InChI is InChI=1S/C11H25NO/c1-5-11(6-2,7-3)10(13)9(4)8-12/h9-10,13H,5-8,12H2,1-4H3. The zero-order valence-corrected chi connectivity index (χ0v) is 9.51. The van der Waals surface area contributed by atoms with E-state index in [1.807, 2.05) is 6.92 Å². The summed E-state index contributed by atoms with van der Waals surface area (Å²) in [6, 6.07) is 0. The van der Waals surface area contributed by atoms with E-state index in [1.54, 1.807) is 0 Å². The van der Waals surface area contributed by atoms with E-state index in [1.165, 1.54) is 0 Å². The molecule has 0 aromatic rings. The van der Waals surface area contributed by atoms with Crippen molar-refractivity contribution in [3.63, 3.8) is 0 Å². The topological polar surface area (TPSA) is 46.2 Å². The Hall–Kier alpha value is -0.0800. The Morgan fingerprint density at radius 2 is 1.54 bits per heavy atom. The Kier molecular flexibility index (Phi) is 5.57. The van der Waals surface area contributed by atoms with Gasteiger partial charge >= 0.3 is 0 Å². The molecule has 0 aliphatic carbocycles. The van der Waals surface area contributed by atoms with E-state index in [9.17, 15) is 5.11 Å². The zero-order chi connectivity index (χ0) is 10.5. The Bertz CT molecular complexity index is 124. The van der Waals surface area contributed by atoms with Gasteiger partial charge in [0.2, 0.25) is 0 Å². The van der Waals surface area contributed by atoms with Gasteiger partial charge in [-0.2, -0.15) is 0 Å². The van der Waals surface area contributed by atoms with Crippen LogP contribution >= 0.6 is 0 Å². The van der Waals surface area contributed by atoms with Crippen molar-refractivity contribution in [2.24, 2.45) is 17.1 Å². The summed E-state index contributed by atoms with van der Waals surface area (Å²) in [6.07, 6.45) is 2.85. The molecule has 0 radical (unpaired) electrons. The van der Waals surface area contributed by atoms with Crippen LogP contribution in [0.5, 0.6) is 0 Å². The van der Waals surface area contributed by atoms with E-state index in [0.29, 0.717) is 6.54 Å². The van der Waals surface area contributed by atoms with Gasteiger partial charge < -0.3 is 10.8 Å². The number of hydrogen-bond donors (Lipinski definition) is 2. The Morgan fingerprint density at radius 3 is 1.77 bits per heavy atom. The van der Waals surface area contributed by atoms with Gasteiger partial charge in [-0.3, -0.25) is 0 Å². The lowest BCUT2D eigenvalue weighted by Gasteiger charge is -2.38. The van der Waals surface area contributed by atoms with Crippen LogP contribution < -0.4 is 5.73 Å². The third-order valence-electron chi connectivity index (χ3n) is 3.65. The molecule has 0 aliphatic rings. The van der Waals surface area contributed by atoms with Crippen LogP contribution in [0.3, 0.4) is 0 Å². The molecule has 2 atom stereocenters.